The van der Waals surface area contributed by atoms with Crippen molar-refractivity contribution in [2.24, 2.45) is 0 Å². The molecule has 0 heterocycles. The highest BCUT2D eigenvalue weighted by Crippen LogP contribution is 2.28. The predicted molar refractivity (Wildman–Crippen MR) is 83.8 cm³/mol. The molecule has 0 aromatic heterocycles. The summed E-state index contributed by atoms with van der Waals surface area (Å²) in [5.74, 6) is -0.707. The molecule has 0 saturated heterocycles. The van der Waals surface area contributed by atoms with Crippen LogP contribution in [0, 0.1) is 12.7 Å². The number of para-hydroxylation sites is 1. The molecule has 0 spiro atoms. The Kier molecular flexibility index (Phi) is 4.80. The zero-order valence-electron chi connectivity index (χ0n) is 11.3. The lowest BCUT2D eigenvalue weighted by Gasteiger charge is -2.11. The van der Waals surface area contributed by atoms with Gasteiger partial charge in [0.1, 0.15) is 11.6 Å². The molecule has 6 heteroatoms. The smallest absolute Gasteiger partial charge is 0.262 e. The van der Waals surface area contributed by atoms with Gasteiger partial charge < -0.3 is 15.8 Å². The summed E-state index contributed by atoms with van der Waals surface area (Å²) in [6, 6.07) is 9.92. The summed E-state index contributed by atoms with van der Waals surface area (Å²) in [7, 11) is 0. The summed E-state index contributed by atoms with van der Waals surface area (Å²) in [5.41, 5.74) is 7.61. The van der Waals surface area contributed by atoms with Gasteiger partial charge in [-0.25, -0.2) is 4.39 Å². The van der Waals surface area contributed by atoms with Gasteiger partial charge in [0.2, 0.25) is 0 Å². The van der Waals surface area contributed by atoms with Gasteiger partial charge in [-0.1, -0.05) is 18.2 Å². The van der Waals surface area contributed by atoms with Crippen molar-refractivity contribution in [3.05, 3.63) is 52.3 Å². The molecule has 0 aliphatic carbocycles. The average Bonchev–Trinajstić information content (AvgIpc) is 2.44. The van der Waals surface area contributed by atoms with Crippen LogP contribution in [0.3, 0.4) is 0 Å². The molecule has 1 amide bonds. The number of carbonyl (C=O) groups is 1. The van der Waals surface area contributed by atoms with E-state index in [0.717, 1.165) is 11.6 Å². The maximum atomic E-state index is 13.4. The molecule has 0 saturated carbocycles. The van der Waals surface area contributed by atoms with Crippen molar-refractivity contribution in [3.8, 4) is 5.75 Å². The first-order valence-corrected chi connectivity index (χ1v) is 6.99. The summed E-state index contributed by atoms with van der Waals surface area (Å²) in [6.45, 7) is 1.64. The zero-order valence-corrected chi connectivity index (χ0v) is 12.9. The topological polar surface area (TPSA) is 64.3 Å². The molecule has 0 aliphatic heterocycles. The Morgan fingerprint density at radius 1 is 1.38 bits per heavy atom. The molecule has 110 valence electrons. The highest BCUT2D eigenvalue weighted by molar-refractivity contribution is 9.10. The number of benzene rings is 2. The van der Waals surface area contributed by atoms with Crippen molar-refractivity contribution < 1.29 is 13.9 Å². The molecule has 2 rings (SSSR count). The average molecular weight is 353 g/mol. The number of nitrogens with two attached hydrogens (primary N) is 1. The highest BCUT2D eigenvalue weighted by Gasteiger charge is 2.10. The Bertz CT molecular complexity index is 677. The number of nitrogen functional groups attached to an aromatic ring is 1. The van der Waals surface area contributed by atoms with E-state index in [4.69, 9.17) is 10.5 Å². The third-order valence-electron chi connectivity index (χ3n) is 2.83. The van der Waals surface area contributed by atoms with E-state index in [9.17, 15) is 9.18 Å². The normalized spacial score (nSPS) is 10.2. The summed E-state index contributed by atoms with van der Waals surface area (Å²) < 4.78 is 18.9. The van der Waals surface area contributed by atoms with E-state index in [1.165, 1.54) is 6.07 Å². The van der Waals surface area contributed by atoms with Crippen molar-refractivity contribution in [1.29, 1.82) is 0 Å². The van der Waals surface area contributed by atoms with E-state index in [0.29, 0.717) is 5.69 Å². The third kappa shape index (κ3) is 3.95. The lowest BCUT2D eigenvalue weighted by molar-refractivity contribution is -0.118. The van der Waals surface area contributed by atoms with Gasteiger partial charge in [-0.3, -0.25) is 4.79 Å². The van der Waals surface area contributed by atoms with Gasteiger partial charge in [-0.2, -0.15) is 0 Å². The Labute approximate surface area is 130 Å². The fourth-order valence-electron chi connectivity index (χ4n) is 1.71. The molecule has 4 nitrogen and oxygen atoms in total. The molecule has 0 bridgehead atoms. The van der Waals surface area contributed by atoms with Crippen molar-refractivity contribution in [2.75, 3.05) is 17.7 Å². The minimum absolute atomic E-state index is 0.135. The van der Waals surface area contributed by atoms with Crippen LogP contribution in [0.1, 0.15) is 5.56 Å². The highest BCUT2D eigenvalue weighted by atomic mass is 79.9. The number of amides is 1. The van der Waals surface area contributed by atoms with Crippen LogP contribution in [-0.2, 0) is 4.79 Å². The summed E-state index contributed by atoms with van der Waals surface area (Å²) in [5, 5.41) is 2.72. The fraction of sp³-hybridized carbons (Fsp3) is 0.133. The van der Waals surface area contributed by atoms with Crippen molar-refractivity contribution >= 4 is 33.2 Å². The first kappa shape index (κ1) is 15.3. The van der Waals surface area contributed by atoms with Crippen LogP contribution >= 0.6 is 15.9 Å². The number of anilines is 2. The number of aryl methyl sites for hydroxylation is 1. The number of hydrogen-bond donors (Lipinski definition) is 2. The second kappa shape index (κ2) is 6.58. The van der Waals surface area contributed by atoms with E-state index in [1.807, 2.05) is 25.1 Å². The molecule has 0 radical (unpaired) electrons. The van der Waals surface area contributed by atoms with Crippen LogP contribution in [0.4, 0.5) is 15.8 Å². The molecule has 3 N–H and O–H groups in total. The largest absolute Gasteiger partial charge is 0.481 e. The molecule has 0 aliphatic rings. The number of rotatable bonds is 4. The third-order valence-corrected chi connectivity index (χ3v) is 3.44. The second-order valence-electron chi connectivity index (χ2n) is 4.46. The molecule has 0 unspecified atom stereocenters. The van der Waals surface area contributed by atoms with Crippen LogP contribution in [0.5, 0.6) is 5.75 Å². The first-order valence-electron chi connectivity index (χ1n) is 6.20. The summed E-state index contributed by atoms with van der Waals surface area (Å²) in [4.78, 5) is 11.8. The van der Waals surface area contributed by atoms with E-state index < -0.39 is 5.82 Å². The molecular formula is C15H14BrFN2O2. The predicted octanol–water partition coefficient (Wildman–Crippen LogP) is 3.50. The summed E-state index contributed by atoms with van der Waals surface area (Å²) >= 11 is 3.02. The van der Waals surface area contributed by atoms with Crippen LogP contribution in [0.2, 0.25) is 0 Å². The molecular weight excluding hydrogens is 339 g/mol. The quantitative estimate of drug-likeness (QED) is 0.827. The molecule has 2 aromatic rings. The van der Waals surface area contributed by atoms with Gasteiger partial charge in [-0.15, -0.1) is 0 Å². The minimum atomic E-state index is -0.501. The van der Waals surface area contributed by atoms with Gasteiger partial charge in [0.25, 0.3) is 5.91 Å². The zero-order chi connectivity index (χ0) is 15.4. The number of carbonyl (C=O) groups excluding carboxylic acids is 1. The maximum absolute atomic E-state index is 13.4. The van der Waals surface area contributed by atoms with E-state index in [1.54, 1.807) is 6.07 Å². The lowest BCUT2D eigenvalue weighted by Crippen LogP contribution is -2.21. The van der Waals surface area contributed by atoms with Gasteiger partial charge in [0, 0.05) is 11.8 Å². The van der Waals surface area contributed by atoms with Gasteiger partial charge in [0.15, 0.2) is 6.61 Å². The van der Waals surface area contributed by atoms with E-state index in [2.05, 4.69) is 21.2 Å². The van der Waals surface area contributed by atoms with Gasteiger partial charge in [0.05, 0.1) is 10.2 Å². The standard InChI is InChI=1S/C15H14BrFN2O2/c1-9-4-2-3-5-13(9)19-15(20)8-21-14-7-11(17)10(16)6-12(14)18/h2-7H,8,18H2,1H3,(H,19,20). The van der Waals surface area contributed by atoms with Crippen molar-refractivity contribution in [1.82, 2.24) is 0 Å². The van der Waals surface area contributed by atoms with Crippen LogP contribution in [0.25, 0.3) is 0 Å². The molecule has 21 heavy (non-hydrogen) atoms. The Morgan fingerprint density at radius 3 is 2.81 bits per heavy atom. The first-order chi connectivity index (χ1) is 9.97. The Balaban J connectivity index is 1.99. The summed E-state index contributed by atoms with van der Waals surface area (Å²) in [6.07, 6.45) is 0. The molecule has 0 fully saturated rings. The number of hydrogen-bond acceptors (Lipinski definition) is 3. The minimum Gasteiger partial charge on any atom is -0.481 e. The number of halogens is 2. The molecule has 2 aromatic carbocycles. The van der Waals surface area contributed by atoms with E-state index in [-0.39, 0.29) is 28.4 Å². The molecule has 0 atom stereocenters. The van der Waals surface area contributed by atoms with Gasteiger partial charge in [-0.05, 0) is 40.5 Å². The van der Waals surface area contributed by atoms with Crippen LogP contribution in [-0.4, -0.2) is 12.5 Å². The number of ether oxygens (including phenoxy) is 1. The lowest BCUT2D eigenvalue weighted by atomic mass is 10.2. The maximum Gasteiger partial charge on any atom is 0.262 e. The van der Waals surface area contributed by atoms with E-state index >= 15 is 0 Å². The Hall–Kier alpha value is -2.08. The monoisotopic (exact) mass is 352 g/mol. The number of nitrogens with one attached hydrogen (secondary N) is 1. The van der Waals surface area contributed by atoms with Crippen LogP contribution < -0.4 is 15.8 Å². The fourth-order valence-corrected chi connectivity index (χ4v) is 2.07. The Morgan fingerprint density at radius 2 is 2.10 bits per heavy atom. The SMILES string of the molecule is Cc1ccccc1NC(=O)COc1cc(F)c(Br)cc1N. The second-order valence-corrected chi connectivity index (χ2v) is 5.31. The van der Waals surface area contributed by atoms with Gasteiger partial charge >= 0.3 is 0 Å². The van der Waals surface area contributed by atoms with Crippen molar-refractivity contribution in [2.45, 2.75) is 6.92 Å². The van der Waals surface area contributed by atoms with Crippen molar-refractivity contribution in [3.63, 3.8) is 0 Å². The van der Waals surface area contributed by atoms with Crippen LogP contribution in [0.15, 0.2) is 40.9 Å².